The molecule has 33 heavy (non-hydrogen) atoms. The van der Waals surface area contributed by atoms with Gasteiger partial charge in [-0.15, -0.1) is 0 Å². The molecule has 0 radical (unpaired) electrons. The highest BCUT2D eigenvalue weighted by Crippen LogP contribution is 2.57. The van der Waals surface area contributed by atoms with Crippen LogP contribution in [0.25, 0.3) is 10.8 Å². The van der Waals surface area contributed by atoms with E-state index in [4.69, 9.17) is 4.74 Å². The van der Waals surface area contributed by atoms with Crippen LogP contribution in [0.3, 0.4) is 0 Å². The monoisotopic (exact) mass is 436 g/mol. The summed E-state index contributed by atoms with van der Waals surface area (Å²) in [7, 11) is 0. The smallest absolute Gasteiger partial charge is 0.338 e. The van der Waals surface area contributed by atoms with E-state index in [1.165, 1.54) is 0 Å². The molecular formula is C29H24O4. The molecule has 4 aromatic rings. The molecule has 1 N–H and O–H groups in total. The first kappa shape index (κ1) is 21.0. The largest absolute Gasteiger partial charge is 0.481 e. The third-order valence-electron chi connectivity index (χ3n) is 6.77. The highest BCUT2D eigenvalue weighted by molar-refractivity contribution is 6.04. The predicted molar refractivity (Wildman–Crippen MR) is 127 cm³/mol. The van der Waals surface area contributed by atoms with Gasteiger partial charge in [-0.25, -0.2) is 4.79 Å². The van der Waals surface area contributed by atoms with Crippen molar-refractivity contribution in [1.82, 2.24) is 0 Å². The van der Waals surface area contributed by atoms with E-state index < -0.39 is 11.9 Å². The Balaban J connectivity index is 1.45. The molecule has 2 atom stereocenters. The number of rotatable bonds is 6. The highest BCUT2D eigenvalue weighted by Gasteiger charge is 2.55. The second-order valence-corrected chi connectivity index (χ2v) is 8.53. The Kier molecular flexibility index (Phi) is 5.66. The molecule has 1 fully saturated rings. The number of carboxylic acid groups (broad SMARTS) is 1. The van der Waals surface area contributed by atoms with E-state index in [1.807, 2.05) is 97.1 Å². The molecule has 0 unspecified atom stereocenters. The Morgan fingerprint density at radius 3 is 1.85 bits per heavy atom. The lowest BCUT2D eigenvalue weighted by Crippen LogP contribution is -2.49. The molecule has 0 heterocycles. The van der Waals surface area contributed by atoms with E-state index >= 15 is 0 Å². The zero-order valence-corrected chi connectivity index (χ0v) is 18.0. The van der Waals surface area contributed by atoms with Gasteiger partial charge in [0.2, 0.25) is 0 Å². The summed E-state index contributed by atoms with van der Waals surface area (Å²) in [4.78, 5) is 25.4. The minimum absolute atomic E-state index is 0.130. The van der Waals surface area contributed by atoms with Gasteiger partial charge in [0.25, 0.3) is 0 Å². The zero-order chi connectivity index (χ0) is 22.8. The van der Waals surface area contributed by atoms with Crippen LogP contribution in [0.15, 0.2) is 103 Å². The SMILES string of the molecule is O=C(OCC1[C@@H](c2ccccc2)C(C(=O)O)[C@@H]1c1ccccc1)c1cccc2ccccc12. The number of esters is 1. The Labute approximate surface area is 192 Å². The van der Waals surface area contributed by atoms with Gasteiger partial charge in [-0.05, 0) is 28.0 Å². The van der Waals surface area contributed by atoms with Crippen molar-refractivity contribution in [3.63, 3.8) is 0 Å². The summed E-state index contributed by atoms with van der Waals surface area (Å²) in [5, 5.41) is 11.9. The summed E-state index contributed by atoms with van der Waals surface area (Å²) in [6, 6.07) is 32.7. The average molecular weight is 437 g/mol. The van der Waals surface area contributed by atoms with Gasteiger partial charge < -0.3 is 9.84 Å². The molecule has 0 spiro atoms. The number of carboxylic acids is 1. The number of aliphatic carboxylic acids is 1. The van der Waals surface area contributed by atoms with Crippen molar-refractivity contribution in [2.45, 2.75) is 11.8 Å². The van der Waals surface area contributed by atoms with Crippen LogP contribution in [0.5, 0.6) is 0 Å². The zero-order valence-electron chi connectivity index (χ0n) is 18.0. The molecule has 0 saturated heterocycles. The number of fused-ring (bicyclic) bond motifs is 1. The average Bonchev–Trinajstić information content (AvgIpc) is 2.84. The van der Waals surface area contributed by atoms with Gasteiger partial charge in [-0.2, -0.15) is 0 Å². The van der Waals surface area contributed by atoms with Crippen molar-refractivity contribution in [3.05, 3.63) is 120 Å². The van der Waals surface area contributed by atoms with E-state index in [0.717, 1.165) is 21.9 Å². The number of carbonyl (C=O) groups is 2. The molecule has 1 aliphatic carbocycles. The first-order chi connectivity index (χ1) is 16.1. The normalized spacial score (nSPS) is 21.8. The van der Waals surface area contributed by atoms with Gasteiger partial charge in [0, 0.05) is 17.8 Å². The fraction of sp³-hybridized carbons (Fsp3) is 0.172. The van der Waals surface area contributed by atoms with Crippen LogP contribution in [-0.2, 0) is 9.53 Å². The van der Waals surface area contributed by atoms with E-state index in [9.17, 15) is 14.7 Å². The van der Waals surface area contributed by atoms with Crippen molar-refractivity contribution < 1.29 is 19.4 Å². The van der Waals surface area contributed by atoms with Crippen molar-refractivity contribution in [2.75, 3.05) is 6.61 Å². The lowest BCUT2D eigenvalue weighted by atomic mass is 9.53. The molecule has 164 valence electrons. The van der Waals surface area contributed by atoms with Crippen molar-refractivity contribution >= 4 is 22.7 Å². The van der Waals surface area contributed by atoms with Gasteiger partial charge in [0.15, 0.2) is 0 Å². The summed E-state index contributed by atoms with van der Waals surface area (Å²) in [5.41, 5.74) is 2.45. The molecule has 0 aromatic heterocycles. The van der Waals surface area contributed by atoms with Gasteiger partial charge in [-0.1, -0.05) is 97.1 Å². The molecule has 1 aliphatic rings. The van der Waals surface area contributed by atoms with Gasteiger partial charge in [0.05, 0.1) is 18.1 Å². The van der Waals surface area contributed by atoms with Crippen LogP contribution in [0.2, 0.25) is 0 Å². The number of hydrogen-bond donors (Lipinski definition) is 1. The second kappa shape index (κ2) is 8.91. The van der Waals surface area contributed by atoms with Crippen LogP contribution < -0.4 is 0 Å². The van der Waals surface area contributed by atoms with Gasteiger partial charge in [-0.3, -0.25) is 4.79 Å². The van der Waals surface area contributed by atoms with Gasteiger partial charge >= 0.3 is 11.9 Å². The lowest BCUT2D eigenvalue weighted by Gasteiger charge is -2.50. The van der Waals surface area contributed by atoms with Crippen LogP contribution in [-0.4, -0.2) is 23.7 Å². The van der Waals surface area contributed by atoms with Crippen molar-refractivity contribution in [2.24, 2.45) is 11.8 Å². The Morgan fingerprint density at radius 2 is 1.24 bits per heavy atom. The minimum Gasteiger partial charge on any atom is -0.481 e. The number of hydrogen-bond acceptors (Lipinski definition) is 3. The van der Waals surface area contributed by atoms with Crippen LogP contribution in [0, 0.1) is 11.8 Å². The lowest BCUT2D eigenvalue weighted by molar-refractivity contribution is -0.151. The molecule has 4 nitrogen and oxygen atoms in total. The molecule has 0 bridgehead atoms. The van der Waals surface area contributed by atoms with Gasteiger partial charge in [0.1, 0.15) is 0 Å². The molecular weight excluding hydrogens is 412 g/mol. The molecule has 4 aromatic carbocycles. The van der Waals surface area contributed by atoms with Crippen molar-refractivity contribution in [3.8, 4) is 0 Å². The van der Waals surface area contributed by atoms with Crippen molar-refractivity contribution in [1.29, 1.82) is 0 Å². The van der Waals surface area contributed by atoms with E-state index in [2.05, 4.69) is 0 Å². The Hall–Kier alpha value is -3.92. The van der Waals surface area contributed by atoms with E-state index in [0.29, 0.717) is 5.56 Å². The third kappa shape index (κ3) is 3.89. The highest BCUT2D eigenvalue weighted by atomic mass is 16.5. The summed E-state index contributed by atoms with van der Waals surface area (Å²) in [6.45, 7) is 0.158. The summed E-state index contributed by atoms with van der Waals surface area (Å²) >= 11 is 0. The van der Waals surface area contributed by atoms with E-state index in [1.54, 1.807) is 6.07 Å². The molecule has 4 heteroatoms. The topological polar surface area (TPSA) is 63.6 Å². The van der Waals surface area contributed by atoms with Crippen LogP contribution in [0.1, 0.15) is 33.3 Å². The first-order valence-corrected chi connectivity index (χ1v) is 11.1. The molecule has 5 rings (SSSR count). The number of carbonyl (C=O) groups excluding carboxylic acids is 1. The standard InChI is InChI=1S/C29H24O4/c30-28(31)27-25(20-11-3-1-4-12-20)24(26(27)21-13-5-2-6-14-21)18-33-29(32)23-17-9-15-19-10-7-8-16-22(19)23/h1-17,24-27H,18H2,(H,30,31)/t24?,25-,26-,27?/m1/s1. The van der Waals surface area contributed by atoms with Crippen LogP contribution >= 0.6 is 0 Å². The number of ether oxygens (including phenoxy) is 1. The fourth-order valence-corrected chi connectivity index (χ4v) is 5.26. The Morgan fingerprint density at radius 1 is 0.697 bits per heavy atom. The van der Waals surface area contributed by atoms with Crippen LogP contribution in [0.4, 0.5) is 0 Å². The molecule has 0 amide bonds. The summed E-state index contributed by atoms with van der Waals surface area (Å²) < 4.78 is 5.84. The van der Waals surface area contributed by atoms with E-state index in [-0.39, 0.29) is 30.3 Å². The summed E-state index contributed by atoms with van der Waals surface area (Å²) in [5.74, 6) is -2.37. The molecule has 0 aliphatic heterocycles. The second-order valence-electron chi connectivity index (χ2n) is 8.53. The quantitative estimate of drug-likeness (QED) is 0.383. The third-order valence-corrected chi connectivity index (χ3v) is 6.77. The summed E-state index contributed by atoms with van der Waals surface area (Å²) in [6.07, 6.45) is 0. The maximum Gasteiger partial charge on any atom is 0.338 e. The maximum atomic E-state index is 13.1. The molecule has 1 saturated carbocycles. The Bertz CT molecular complexity index is 1230. The first-order valence-electron chi connectivity index (χ1n) is 11.1. The fourth-order valence-electron chi connectivity index (χ4n) is 5.26. The number of benzene rings is 4. The maximum absolute atomic E-state index is 13.1. The predicted octanol–water partition coefficient (Wildman–Crippen LogP) is 5.89. The minimum atomic E-state index is -0.825.